The minimum atomic E-state index is -0.288. The minimum Gasteiger partial charge on any atom is -0.480 e. The van der Waals surface area contributed by atoms with Gasteiger partial charge in [0.1, 0.15) is 6.10 Å². The molecule has 1 aliphatic rings. The first-order chi connectivity index (χ1) is 12.1. The standard InChI is InChI=1S/C17H20N4O4/c1-24-15-9-18-10-16(21-15)25-13-4-2-12(3-5-13)20-17(23)11-6-7-19-14(22)8-11/h6-10,12-13H,2-5H2,1H3,(H,19,22)(H,20,23). The van der Waals surface area contributed by atoms with E-state index in [4.69, 9.17) is 9.47 Å². The van der Waals surface area contributed by atoms with Crippen molar-refractivity contribution in [3.63, 3.8) is 0 Å². The smallest absolute Gasteiger partial charge is 0.251 e. The van der Waals surface area contributed by atoms with Crippen molar-refractivity contribution in [3.05, 3.63) is 46.6 Å². The van der Waals surface area contributed by atoms with Crippen LogP contribution in [0, 0.1) is 0 Å². The highest BCUT2D eigenvalue weighted by molar-refractivity contribution is 5.94. The van der Waals surface area contributed by atoms with Crippen molar-refractivity contribution in [2.45, 2.75) is 37.8 Å². The molecule has 1 saturated carbocycles. The molecule has 0 aliphatic heterocycles. The lowest BCUT2D eigenvalue weighted by Gasteiger charge is -2.29. The summed E-state index contributed by atoms with van der Waals surface area (Å²) in [6.07, 6.45) is 7.80. The molecule has 8 heteroatoms. The normalized spacial score (nSPS) is 19.9. The van der Waals surface area contributed by atoms with Gasteiger partial charge in [-0.1, -0.05) is 0 Å². The van der Waals surface area contributed by atoms with Gasteiger partial charge in [-0.2, -0.15) is 4.98 Å². The largest absolute Gasteiger partial charge is 0.480 e. The number of H-pyrrole nitrogens is 1. The van der Waals surface area contributed by atoms with Gasteiger partial charge < -0.3 is 19.8 Å². The molecule has 25 heavy (non-hydrogen) atoms. The van der Waals surface area contributed by atoms with Gasteiger partial charge in [-0.05, 0) is 31.7 Å². The van der Waals surface area contributed by atoms with Gasteiger partial charge in [-0.3, -0.25) is 14.6 Å². The molecule has 8 nitrogen and oxygen atoms in total. The van der Waals surface area contributed by atoms with Crippen LogP contribution >= 0.6 is 0 Å². The van der Waals surface area contributed by atoms with Crippen molar-refractivity contribution in [3.8, 4) is 11.8 Å². The van der Waals surface area contributed by atoms with E-state index in [1.807, 2.05) is 0 Å². The Labute approximate surface area is 144 Å². The number of rotatable bonds is 5. The Bertz CT molecular complexity index is 784. The number of methoxy groups -OCH3 is 1. The third-order valence-corrected chi connectivity index (χ3v) is 4.13. The summed E-state index contributed by atoms with van der Waals surface area (Å²) in [5.74, 6) is 0.626. The molecule has 0 radical (unpaired) electrons. The zero-order chi connectivity index (χ0) is 17.6. The summed E-state index contributed by atoms with van der Waals surface area (Å²) in [6.45, 7) is 0. The fourth-order valence-electron chi connectivity index (χ4n) is 2.84. The number of pyridine rings is 1. The molecule has 1 fully saturated rings. The van der Waals surface area contributed by atoms with Crippen LogP contribution in [0.4, 0.5) is 0 Å². The summed E-state index contributed by atoms with van der Waals surface area (Å²) in [4.78, 5) is 34.2. The fourth-order valence-corrected chi connectivity index (χ4v) is 2.84. The summed E-state index contributed by atoms with van der Waals surface area (Å²) in [5, 5.41) is 2.97. The Balaban J connectivity index is 1.50. The van der Waals surface area contributed by atoms with Gasteiger partial charge in [-0.15, -0.1) is 0 Å². The maximum absolute atomic E-state index is 12.2. The van der Waals surface area contributed by atoms with E-state index < -0.39 is 0 Å². The Morgan fingerprint density at radius 3 is 2.72 bits per heavy atom. The van der Waals surface area contributed by atoms with E-state index in [0.717, 1.165) is 25.7 Å². The second kappa shape index (κ2) is 7.78. The first kappa shape index (κ1) is 16.9. The van der Waals surface area contributed by atoms with Crippen LogP contribution in [0.15, 0.2) is 35.5 Å². The first-order valence-corrected chi connectivity index (χ1v) is 8.16. The van der Waals surface area contributed by atoms with E-state index in [1.54, 1.807) is 12.3 Å². The lowest BCUT2D eigenvalue weighted by Crippen LogP contribution is -2.40. The van der Waals surface area contributed by atoms with E-state index >= 15 is 0 Å². The molecule has 1 aliphatic carbocycles. The third-order valence-electron chi connectivity index (χ3n) is 4.13. The Morgan fingerprint density at radius 1 is 1.24 bits per heavy atom. The number of amides is 1. The van der Waals surface area contributed by atoms with Crippen LogP contribution in [0.2, 0.25) is 0 Å². The van der Waals surface area contributed by atoms with Crippen molar-refractivity contribution >= 4 is 5.91 Å². The number of carbonyl (C=O) groups excluding carboxylic acids is 1. The van der Waals surface area contributed by atoms with Crippen LogP contribution < -0.4 is 20.3 Å². The van der Waals surface area contributed by atoms with Gasteiger partial charge in [0, 0.05) is 23.9 Å². The third kappa shape index (κ3) is 4.56. The van der Waals surface area contributed by atoms with E-state index in [9.17, 15) is 9.59 Å². The zero-order valence-corrected chi connectivity index (χ0v) is 13.9. The van der Waals surface area contributed by atoms with E-state index in [2.05, 4.69) is 20.3 Å². The second-order valence-corrected chi connectivity index (χ2v) is 5.91. The van der Waals surface area contributed by atoms with Crippen LogP contribution in [-0.2, 0) is 0 Å². The lowest BCUT2D eigenvalue weighted by molar-refractivity contribution is 0.0889. The van der Waals surface area contributed by atoms with Crippen LogP contribution in [0.25, 0.3) is 0 Å². The van der Waals surface area contributed by atoms with Crippen molar-refractivity contribution in [2.75, 3.05) is 7.11 Å². The quantitative estimate of drug-likeness (QED) is 0.847. The van der Waals surface area contributed by atoms with Crippen LogP contribution in [0.3, 0.4) is 0 Å². The van der Waals surface area contributed by atoms with Gasteiger partial charge in [-0.25, -0.2) is 0 Å². The highest BCUT2D eigenvalue weighted by Gasteiger charge is 2.24. The van der Waals surface area contributed by atoms with Crippen LogP contribution in [0.1, 0.15) is 36.0 Å². The second-order valence-electron chi connectivity index (χ2n) is 5.91. The minimum absolute atomic E-state index is 0.0362. The van der Waals surface area contributed by atoms with Gasteiger partial charge in [0.15, 0.2) is 0 Å². The van der Waals surface area contributed by atoms with Crippen molar-refractivity contribution in [1.29, 1.82) is 0 Å². The molecule has 2 aromatic rings. The summed E-state index contributed by atoms with van der Waals surface area (Å²) in [7, 11) is 1.53. The molecule has 0 spiro atoms. The summed E-state index contributed by atoms with van der Waals surface area (Å²) in [6, 6.07) is 2.96. The molecule has 0 unspecified atom stereocenters. The number of hydrogen-bond donors (Lipinski definition) is 2. The average molecular weight is 344 g/mol. The Morgan fingerprint density at radius 2 is 2.00 bits per heavy atom. The number of nitrogens with zero attached hydrogens (tertiary/aromatic N) is 2. The van der Waals surface area contributed by atoms with Crippen molar-refractivity contribution in [1.82, 2.24) is 20.3 Å². The fraction of sp³-hybridized carbons (Fsp3) is 0.412. The van der Waals surface area contributed by atoms with E-state index in [-0.39, 0.29) is 23.6 Å². The average Bonchev–Trinajstić information content (AvgIpc) is 2.63. The predicted octanol–water partition coefficient (Wildman–Crippen LogP) is 1.29. The van der Waals surface area contributed by atoms with Crippen molar-refractivity contribution < 1.29 is 14.3 Å². The SMILES string of the molecule is COc1cncc(OC2CCC(NC(=O)c3cc[nH]c(=O)c3)CC2)n1. The maximum Gasteiger partial charge on any atom is 0.251 e. The molecular formula is C17H20N4O4. The molecule has 0 bridgehead atoms. The van der Waals surface area contributed by atoms with Crippen LogP contribution in [0.5, 0.6) is 11.8 Å². The predicted molar refractivity (Wildman–Crippen MR) is 89.8 cm³/mol. The highest BCUT2D eigenvalue weighted by atomic mass is 16.5. The molecule has 1 amide bonds. The monoisotopic (exact) mass is 344 g/mol. The lowest BCUT2D eigenvalue weighted by atomic mass is 9.92. The number of ether oxygens (including phenoxy) is 2. The molecule has 2 N–H and O–H groups in total. The summed E-state index contributed by atoms with van der Waals surface area (Å²) >= 11 is 0. The van der Waals surface area contributed by atoms with Gasteiger partial charge >= 0.3 is 0 Å². The zero-order valence-electron chi connectivity index (χ0n) is 13.9. The van der Waals surface area contributed by atoms with E-state index in [0.29, 0.717) is 17.3 Å². The van der Waals surface area contributed by atoms with Gasteiger partial charge in [0.2, 0.25) is 17.3 Å². The number of aromatic amines is 1. The molecule has 2 heterocycles. The number of carbonyl (C=O) groups is 1. The number of hydrogen-bond acceptors (Lipinski definition) is 6. The topological polar surface area (TPSA) is 106 Å². The molecule has 132 valence electrons. The highest BCUT2D eigenvalue weighted by Crippen LogP contribution is 2.23. The Hall–Kier alpha value is -2.90. The number of aromatic nitrogens is 3. The molecule has 2 aromatic heterocycles. The number of nitrogens with one attached hydrogen (secondary N) is 2. The van der Waals surface area contributed by atoms with Gasteiger partial charge in [0.25, 0.3) is 5.91 Å². The summed E-state index contributed by atoms with van der Waals surface area (Å²) < 4.78 is 10.9. The van der Waals surface area contributed by atoms with Crippen LogP contribution in [-0.4, -0.2) is 40.1 Å². The van der Waals surface area contributed by atoms with E-state index in [1.165, 1.54) is 25.6 Å². The molecule has 0 saturated heterocycles. The first-order valence-electron chi connectivity index (χ1n) is 8.16. The maximum atomic E-state index is 12.2. The molecule has 3 rings (SSSR count). The van der Waals surface area contributed by atoms with Gasteiger partial charge in [0.05, 0.1) is 19.5 Å². The molecule has 0 atom stereocenters. The van der Waals surface area contributed by atoms with Crippen molar-refractivity contribution in [2.24, 2.45) is 0 Å². The summed E-state index contributed by atoms with van der Waals surface area (Å²) in [5.41, 5.74) is 0.0814. The Kier molecular flexibility index (Phi) is 5.27. The molecular weight excluding hydrogens is 324 g/mol. The molecule has 0 aromatic carbocycles.